The number of aliphatic carboxylic acids is 1. The first-order valence-corrected chi connectivity index (χ1v) is 13.8. The van der Waals surface area contributed by atoms with Crippen LogP contribution < -0.4 is 15.4 Å². The van der Waals surface area contributed by atoms with E-state index in [4.69, 9.17) is 4.74 Å². The number of hydrogen-bond acceptors (Lipinski definition) is 6. The van der Waals surface area contributed by atoms with Crippen LogP contribution in [-0.2, 0) is 4.79 Å². The summed E-state index contributed by atoms with van der Waals surface area (Å²) in [4.78, 5) is 39.0. The molecule has 0 spiro atoms. The van der Waals surface area contributed by atoms with Crippen LogP contribution >= 0.6 is 27.3 Å². The summed E-state index contributed by atoms with van der Waals surface area (Å²) in [5.41, 5.74) is 2.06. The maximum Gasteiger partial charge on any atom is 0.326 e. The van der Waals surface area contributed by atoms with Crippen LogP contribution in [0.15, 0.2) is 70.6 Å². The van der Waals surface area contributed by atoms with Gasteiger partial charge in [0, 0.05) is 11.8 Å². The van der Waals surface area contributed by atoms with Gasteiger partial charge in [-0.3, -0.25) is 9.59 Å². The van der Waals surface area contributed by atoms with E-state index < -0.39 is 23.8 Å². The lowest BCUT2D eigenvalue weighted by Crippen LogP contribution is -2.45. The molecule has 0 bridgehead atoms. The van der Waals surface area contributed by atoms with Crippen molar-refractivity contribution in [1.29, 1.82) is 0 Å². The number of benzene rings is 2. The Hall–Kier alpha value is -3.96. The molecule has 0 fully saturated rings. The molecule has 2 aromatic heterocycles. The van der Waals surface area contributed by atoms with E-state index in [1.807, 2.05) is 49.4 Å². The topological polar surface area (TPSA) is 123 Å². The predicted octanol–water partition coefficient (Wildman–Crippen LogP) is 5.85. The number of anilines is 1. The van der Waals surface area contributed by atoms with Gasteiger partial charge in [-0.05, 0) is 64.3 Å². The molecule has 3 N–H and O–H groups in total. The summed E-state index contributed by atoms with van der Waals surface area (Å²) in [5, 5.41) is 19.7. The molecular weight excluding hydrogens is 584 g/mol. The SMILES string of the molecule is CC[C@H](C)[C@H](NC(=O)c1ccc(OC)c(NC(=O)c2cn(-c3ccccc3)nc2-c2ccc(Br)s2)c1)C(=O)O. The molecule has 4 rings (SSSR count). The van der Waals surface area contributed by atoms with Crippen LogP contribution in [0.4, 0.5) is 5.69 Å². The first-order chi connectivity index (χ1) is 18.7. The van der Waals surface area contributed by atoms with Crippen molar-refractivity contribution in [2.75, 3.05) is 12.4 Å². The van der Waals surface area contributed by atoms with Gasteiger partial charge in [-0.2, -0.15) is 5.10 Å². The number of hydrogen-bond donors (Lipinski definition) is 3. The van der Waals surface area contributed by atoms with E-state index >= 15 is 0 Å². The second kappa shape index (κ2) is 12.3. The molecule has 0 aliphatic carbocycles. The van der Waals surface area contributed by atoms with E-state index in [1.54, 1.807) is 23.9 Å². The molecule has 0 aliphatic heterocycles. The van der Waals surface area contributed by atoms with Crippen LogP contribution in [0, 0.1) is 5.92 Å². The van der Waals surface area contributed by atoms with Gasteiger partial charge in [0.25, 0.3) is 11.8 Å². The number of carboxylic acid groups (broad SMARTS) is 1. The quantitative estimate of drug-likeness (QED) is 0.207. The fraction of sp³-hybridized carbons (Fsp3) is 0.214. The number of ether oxygens (including phenoxy) is 1. The Bertz CT molecular complexity index is 1500. The van der Waals surface area contributed by atoms with Crippen LogP contribution in [0.25, 0.3) is 16.3 Å². The number of nitrogens with zero attached hydrogens (tertiary/aromatic N) is 2. The number of aromatic nitrogens is 2. The molecule has 2 aromatic carbocycles. The van der Waals surface area contributed by atoms with Crippen molar-refractivity contribution < 1.29 is 24.2 Å². The van der Waals surface area contributed by atoms with Crippen molar-refractivity contribution >= 4 is 50.7 Å². The normalized spacial score (nSPS) is 12.4. The third-order valence-corrected chi connectivity index (χ3v) is 7.89. The molecule has 202 valence electrons. The van der Waals surface area contributed by atoms with E-state index in [9.17, 15) is 19.5 Å². The molecule has 2 amide bonds. The zero-order valence-electron chi connectivity index (χ0n) is 21.5. The average molecular weight is 612 g/mol. The van der Waals surface area contributed by atoms with E-state index in [-0.39, 0.29) is 17.2 Å². The lowest BCUT2D eigenvalue weighted by Gasteiger charge is -2.20. The third kappa shape index (κ3) is 6.37. The summed E-state index contributed by atoms with van der Waals surface area (Å²) in [6.45, 7) is 3.62. The lowest BCUT2D eigenvalue weighted by atomic mass is 9.99. The van der Waals surface area contributed by atoms with Gasteiger partial charge in [0.05, 0.1) is 32.7 Å². The number of carbonyl (C=O) groups excluding carboxylic acids is 2. The molecule has 0 unspecified atom stereocenters. The smallest absolute Gasteiger partial charge is 0.326 e. The van der Waals surface area contributed by atoms with Crippen LogP contribution in [0.3, 0.4) is 0 Å². The van der Waals surface area contributed by atoms with Crippen LogP contribution in [0.5, 0.6) is 5.75 Å². The zero-order valence-corrected chi connectivity index (χ0v) is 23.9. The van der Waals surface area contributed by atoms with Crippen molar-refractivity contribution in [1.82, 2.24) is 15.1 Å². The fourth-order valence-corrected chi connectivity index (χ4v) is 5.31. The number of thiophene rings is 1. The maximum absolute atomic E-state index is 13.6. The molecule has 4 aromatic rings. The number of para-hydroxylation sites is 1. The van der Waals surface area contributed by atoms with E-state index in [1.165, 1.54) is 30.6 Å². The summed E-state index contributed by atoms with van der Waals surface area (Å²) in [6, 6.07) is 16.7. The third-order valence-electron chi connectivity index (χ3n) is 6.26. The van der Waals surface area contributed by atoms with Crippen molar-refractivity contribution in [2.24, 2.45) is 5.92 Å². The monoisotopic (exact) mass is 610 g/mol. The van der Waals surface area contributed by atoms with Crippen molar-refractivity contribution in [3.8, 4) is 22.0 Å². The number of amides is 2. The summed E-state index contributed by atoms with van der Waals surface area (Å²) >= 11 is 4.92. The number of carbonyl (C=O) groups is 3. The second-order valence-corrected chi connectivity index (χ2v) is 11.3. The Labute approximate surface area is 237 Å². The van der Waals surface area contributed by atoms with Crippen molar-refractivity contribution in [3.63, 3.8) is 0 Å². The molecule has 0 saturated carbocycles. The molecule has 9 nitrogen and oxygen atoms in total. The van der Waals surface area contributed by atoms with Crippen LogP contribution in [0.2, 0.25) is 0 Å². The summed E-state index contributed by atoms with van der Waals surface area (Å²) in [6.07, 6.45) is 2.24. The Morgan fingerprint density at radius 2 is 1.85 bits per heavy atom. The summed E-state index contributed by atoms with van der Waals surface area (Å²) in [7, 11) is 1.45. The van der Waals surface area contributed by atoms with E-state index in [0.717, 1.165) is 14.4 Å². The van der Waals surface area contributed by atoms with Gasteiger partial charge in [-0.25, -0.2) is 9.48 Å². The predicted molar refractivity (Wildman–Crippen MR) is 154 cm³/mol. The van der Waals surface area contributed by atoms with E-state index in [2.05, 4.69) is 31.7 Å². The van der Waals surface area contributed by atoms with Gasteiger partial charge in [-0.15, -0.1) is 11.3 Å². The molecule has 39 heavy (non-hydrogen) atoms. The molecule has 11 heteroatoms. The standard InChI is InChI=1S/C28H27BrN4O5S/c1-4-16(2)24(28(36)37)31-26(34)17-10-11-21(38-3)20(14-17)30-27(35)19-15-33(18-8-6-5-7-9-18)32-25(19)22-12-13-23(29)39-22/h5-16,24H,4H2,1-3H3,(H,30,35)(H,31,34)(H,36,37)/t16-,24-/m0/s1. The van der Waals surface area contributed by atoms with Gasteiger partial charge in [0.1, 0.15) is 17.5 Å². The first kappa shape index (κ1) is 28.1. The highest BCUT2D eigenvalue weighted by Gasteiger charge is 2.27. The Balaban J connectivity index is 1.67. The minimum atomic E-state index is -1.11. The summed E-state index contributed by atoms with van der Waals surface area (Å²) < 4.78 is 7.96. The van der Waals surface area contributed by atoms with Gasteiger partial charge in [0.15, 0.2) is 0 Å². The molecule has 0 aliphatic rings. The Morgan fingerprint density at radius 1 is 1.10 bits per heavy atom. The molecule has 2 atom stereocenters. The highest BCUT2D eigenvalue weighted by atomic mass is 79.9. The second-order valence-electron chi connectivity index (χ2n) is 8.82. The van der Waals surface area contributed by atoms with E-state index in [0.29, 0.717) is 23.4 Å². The Kier molecular flexibility index (Phi) is 8.82. The van der Waals surface area contributed by atoms with Crippen LogP contribution in [-0.4, -0.2) is 45.8 Å². The molecule has 2 heterocycles. The van der Waals surface area contributed by atoms with Crippen molar-refractivity contribution in [2.45, 2.75) is 26.3 Å². The molecule has 0 saturated heterocycles. The number of rotatable bonds is 10. The van der Waals surface area contributed by atoms with Crippen LogP contribution in [0.1, 0.15) is 41.0 Å². The number of nitrogens with one attached hydrogen (secondary N) is 2. The fourth-order valence-electron chi connectivity index (χ4n) is 3.92. The van der Waals surface area contributed by atoms with Gasteiger partial charge in [-0.1, -0.05) is 38.5 Å². The molecular formula is C28H27BrN4O5S. The minimum absolute atomic E-state index is 0.183. The average Bonchev–Trinajstić information content (AvgIpc) is 3.58. The highest BCUT2D eigenvalue weighted by Crippen LogP contribution is 2.34. The minimum Gasteiger partial charge on any atom is -0.495 e. The first-order valence-electron chi connectivity index (χ1n) is 12.2. The summed E-state index contributed by atoms with van der Waals surface area (Å²) in [5.74, 6) is -2.05. The largest absolute Gasteiger partial charge is 0.495 e. The number of halogens is 1. The van der Waals surface area contributed by atoms with Gasteiger partial charge in [0.2, 0.25) is 0 Å². The Morgan fingerprint density at radius 3 is 2.46 bits per heavy atom. The zero-order chi connectivity index (χ0) is 28.1. The number of methoxy groups -OCH3 is 1. The van der Waals surface area contributed by atoms with Crippen molar-refractivity contribution in [3.05, 3.63) is 81.8 Å². The lowest BCUT2D eigenvalue weighted by molar-refractivity contribution is -0.140. The maximum atomic E-state index is 13.6. The van der Waals surface area contributed by atoms with Gasteiger partial charge >= 0.3 is 5.97 Å². The molecule has 0 radical (unpaired) electrons. The highest BCUT2D eigenvalue weighted by molar-refractivity contribution is 9.11. The van der Waals surface area contributed by atoms with Gasteiger partial charge < -0.3 is 20.5 Å². The number of carboxylic acids is 1.